The van der Waals surface area contributed by atoms with E-state index in [-0.39, 0.29) is 28.3 Å². The van der Waals surface area contributed by atoms with E-state index in [1.807, 2.05) is 6.07 Å². The van der Waals surface area contributed by atoms with E-state index < -0.39 is 5.69 Å². The number of hydrogen-bond acceptors (Lipinski definition) is 6. The van der Waals surface area contributed by atoms with Crippen LogP contribution in [0.2, 0.25) is 0 Å². The number of amides is 1. The predicted molar refractivity (Wildman–Crippen MR) is 80.3 cm³/mol. The molecule has 22 heavy (non-hydrogen) atoms. The van der Waals surface area contributed by atoms with Gasteiger partial charge in [-0.05, 0) is 26.0 Å². The van der Waals surface area contributed by atoms with Crippen molar-refractivity contribution in [2.45, 2.75) is 24.9 Å². The summed E-state index contributed by atoms with van der Waals surface area (Å²) in [6.45, 7) is 3.42. The van der Waals surface area contributed by atoms with Crippen LogP contribution in [-0.4, -0.2) is 21.6 Å². The van der Waals surface area contributed by atoms with E-state index in [4.69, 9.17) is 9.68 Å². The molecule has 8 heteroatoms. The second-order valence-electron chi connectivity index (χ2n) is 4.55. The molecule has 2 aromatic heterocycles. The van der Waals surface area contributed by atoms with Gasteiger partial charge in [0.1, 0.15) is 22.4 Å². The summed E-state index contributed by atoms with van der Waals surface area (Å²) in [4.78, 5) is 29.5. The van der Waals surface area contributed by atoms with Crippen LogP contribution in [0.15, 0.2) is 32.6 Å². The standard InChI is InChI=1S/C14H14N4O3S/c1-8-10(6-15)13(18-14(20)17-8)22-7-12(19)16-9(2)11-4-3-5-21-11/h3-5,9H,7H2,1-2H3,(H,16,19)(H,17,18,20)/t9-/m0/s1. The van der Waals surface area contributed by atoms with Gasteiger partial charge in [0.2, 0.25) is 5.91 Å². The highest BCUT2D eigenvalue weighted by molar-refractivity contribution is 8.00. The monoisotopic (exact) mass is 318 g/mol. The molecule has 0 radical (unpaired) electrons. The van der Waals surface area contributed by atoms with Crippen LogP contribution in [0.25, 0.3) is 0 Å². The van der Waals surface area contributed by atoms with Gasteiger partial charge >= 0.3 is 5.69 Å². The van der Waals surface area contributed by atoms with Gasteiger partial charge in [-0.15, -0.1) is 0 Å². The number of rotatable bonds is 5. The number of aromatic amines is 1. The molecule has 0 unspecified atom stereocenters. The zero-order valence-electron chi connectivity index (χ0n) is 12.0. The van der Waals surface area contributed by atoms with Crippen molar-refractivity contribution in [1.29, 1.82) is 5.26 Å². The van der Waals surface area contributed by atoms with Crippen LogP contribution in [0, 0.1) is 18.3 Å². The van der Waals surface area contributed by atoms with Gasteiger partial charge in [-0.25, -0.2) is 4.79 Å². The maximum Gasteiger partial charge on any atom is 0.346 e. The number of hydrogen-bond donors (Lipinski definition) is 2. The first-order chi connectivity index (χ1) is 10.5. The van der Waals surface area contributed by atoms with Gasteiger partial charge in [-0.3, -0.25) is 4.79 Å². The minimum Gasteiger partial charge on any atom is -0.467 e. The van der Waals surface area contributed by atoms with Gasteiger partial charge in [-0.2, -0.15) is 10.2 Å². The molecule has 0 bridgehead atoms. The molecule has 2 heterocycles. The van der Waals surface area contributed by atoms with Gasteiger partial charge < -0.3 is 14.7 Å². The van der Waals surface area contributed by atoms with E-state index in [0.29, 0.717) is 11.5 Å². The number of aryl methyl sites for hydroxylation is 1. The lowest BCUT2D eigenvalue weighted by Crippen LogP contribution is -2.28. The fourth-order valence-corrected chi connectivity index (χ4v) is 2.66. The Morgan fingerprint density at radius 1 is 1.64 bits per heavy atom. The molecule has 2 N–H and O–H groups in total. The average molecular weight is 318 g/mol. The number of furan rings is 1. The van der Waals surface area contributed by atoms with Crippen molar-refractivity contribution in [1.82, 2.24) is 15.3 Å². The summed E-state index contributed by atoms with van der Waals surface area (Å²) < 4.78 is 5.20. The van der Waals surface area contributed by atoms with Crippen molar-refractivity contribution in [3.8, 4) is 6.07 Å². The Balaban J connectivity index is 2.00. The van der Waals surface area contributed by atoms with Crippen molar-refractivity contribution < 1.29 is 9.21 Å². The van der Waals surface area contributed by atoms with Crippen molar-refractivity contribution in [2.75, 3.05) is 5.75 Å². The highest BCUT2D eigenvalue weighted by atomic mass is 32.2. The van der Waals surface area contributed by atoms with Crippen LogP contribution < -0.4 is 11.0 Å². The van der Waals surface area contributed by atoms with Gasteiger partial charge in [0, 0.05) is 5.69 Å². The van der Waals surface area contributed by atoms with Crippen LogP contribution in [0.1, 0.15) is 30.0 Å². The van der Waals surface area contributed by atoms with E-state index in [2.05, 4.69) is 15.3 Å². The average Bonchev–Trinajstić information content (AvgIpc) is 2.99. The van der Waals surface area contributed by atoms with E-state index >= 15 is 0 Å². The van der Waals surface area contributed by atoms with Gasteiger partial charge in [0.25, 0.3) is 0 Å². The third-order valence-corrected chi connectivity index (χ3v) is 3.86. The molecule has 2 aromatic rings. The minimum atomic E-state index is -0.539. The minimum absolute atomic E-state index is 0.0512. The number of thioether (sulfide) groups is 1. The Morgan fingerprint density at radius 2 is 2.41 bits per heavy atom. The topological polar surface area (TPSA) is 112 Å². The number of carbonyl (C=O) groups is 1. The normalized spacial score (nSPS) is 11.7. The Bertz CT molecular complexity index is 761. The first-order valence-corrected chi connectivity index (χ1v) is 7.46. The lowest BCUT2D eigenvalue weighted by Gasteiger charge is -2.11. The summed E-state index contributed by atoms with van der Waals surface area (Å²) in [5.41, 5.74) is 0.175. The second kappa shape index (κ2) is 6.95. The smallest absolute Gasteiger partial charge is 0.346 e. The van der Waals surface area contributed by atoms with Crippen LogP contribution in [0.3, 0.4) is 0 Å². The number of nitriles is 1. The molecule has 0 saturated heterocycles. The Kier molecular flexibility index (Phi) is 5.01. The van der Waals surface area contributed by atoms with Crippen molar-refractivity contribution in [3.05, 3.63) is 45.9 Å². The molecule has 0 aromatic carbocycles. The molecule has 0 aliphatic rings. The lowest BCUT2D eigenvalue weighted by atomic mass is 10.2. The molecule has 1 amide bonds. The Morgan fingerprint density at radius 3 is 3.05 bits per heavy atom. The third-order valence-electron chi connectivity index (χ3n) is 2.89. The lowest BCUT2D eigenvalue weighted by molar-refractivity contribution is -0.119. The molecule has 114 valence electrons. The maximum atomic E-state index is 11.9. The summed E-state index contributed by atoms with van der Waals surface area (Å²) in [5.74, 6) is 0.467. The molecule has 0 spiro atoms. The molecule has 0 saturated carbocycles. The molecule has 2 rings (SSSR count). The van der Waals surface area contributed by atoms with E-state index in [1.54, 1.807) is 26.0 Å². The predicted octanol–water partition coefficient (Wildman–Crippen LogP) is 1.51. The number of nitrogens with zero attached hydrogens (tertiary/aromatic N) is 2. The van der Waals surface area contributed by atoms with E-state index in [9.17, 15) is 9.59 Å². The fraction of sp³-hybridized carbons (Fsp3) is 0.286. The van der Waals surface area contributed by atoms with Crippen molar-refractivity contribution in [3.63, 3.8) is 0 Å². The molecule has 0 fully saturated rings. The summed E-state index contributed by atoms with van der Waals surface area (Å²) in [7, 11) is 0. The van der Waals surface area contributed by atoms with Crippen molar-refractivity contribution in [2.24, 2.45) is 0 Å². The van der Waals surface area contributed by atoms with Crippen molar-refractivity contribution >= 4 is 17.7 Å². The van der Waals surface area contributed by atoms with Gasteiger partial charge in [0.05, 0.1) is 18.1 Å². The van der Waals surface area contributed by atoms with Crippen LogP contribution >= 0.6 is 11.8 Å². The quantitative estimate of drug-likeness (QED) is 0.638. The SMILES string of the molecule is Cc1[nH]c(=O)nc(SCC(=O)N[C@@H](C)c2ccco2)c1C#N. The molecule has 7 nitrogen and oxygen atoms in total. The van der Waals surface area contributed by atoms with Crippen LogP contribution in [0.5, 0.6) is 0 Å². The first-order valence-electron chi connectivity index (χ1n) is 6.48. The number of aromatic nitrogens is 2. The summed E-state index contributed by atoms with van der Waals surface area (Å²) in [6.07, 6.45) is 1.54. The van der Waals surface area contributed by atoms with Crippen LogP contribution in [-0.2, 0) is 4.79 Å². The number of nitrogens with one attached hydrogen (secondary N) is 2. The molecular formula is C14H14N4O3S. The Labute approximate surface area is 130 Å². The zero-order chi connectivity index (χ0) is 16.1. The van der Waals surface area contributed by atoms with Crippen LogP contribution in [0.4, 0.5) is 0 Å². The summed E-state index contributed by atoms with van der Waals surface area (Å²) >= 11 is 1.05. The molecule has 0 aliphatic carbocycles. The third kappa shape index (κ3) is 3.77. The highest BCUT2D eigenvalue weighted by Crippen LogP contribution is 2.20. The maximum absolute atomic E-state index is 11.9. The number of H-pyrrole nitrogens is 1. The molecular weight excluding hydrogens is 304 g/mol. The fourth-order valence-electron chi connectivity index (χ4n) is 1.82. The highest BCUT2D eigenvalue weighted by Gasteiger charge is 2.15. The van der Waals surface area contributed by atoms with Gasteiger partial charge in [0.15, 0.2) is 0 Å². The second-order valence-corrected chi connectivity index (χ2v) is 5.52. The zero-order valence-corrected chi connectivity index (χ0v) is 12.9. The Hall–Kier alpha value is -2.53. The largest absolute Gasteiger partial charge is 0.467 e. The summed E-state index contributed by atoms with van der Waals surface area (Å²) in [6, 6.07) is 5.24. The molecule has 1 atom stereocenters. The summed E-state index contributed by atoms with van der Waals surface area (Å²) in [5, 5.41) is 12.1. The molecule has 0 aliphatic heterocycles. The van der Waals surface area contributed by atoms with E-state index in [0.717, 1.165) is 11.8 Å². The van der Waals surface area contributed by atoms with E-state index in [1.165, 1.54) is 6.26 Å². The first kappa shape index (κ1) is 15.9. The number of carbonyl (C=O) groups excluding carboxylic acids is 1. The van der Waals surface area contributed by atoms with Gasteiger partial charge in [-0.1, -0.05) is 11.8 Å².